The number of benzene rings is 2. The minimum absolute atomic E-state index is 0.0312. The minimum Gasteiger partial charge on any atom is -0.489 e. The van der Waals surface area contributed by atoms with Gasteiger partial charge < -0.3 is 10.1 Å². The van der Waals surface area contributed by atoms with Crippen LogP contribution >= 0.6 is 11.3 Å². The van der Waals surface area contributed by atoms with E-state index in [0.717, 1.165) is 23.3 Å². The summed E-state index contributed by atoms with van der Waals surface area (Å²) in [7, 11) is 0. The molecule has 29 heavy (non-hydrogen) atoms. The molecule has 1 heterocycles. The predicted octanol–water partition coefficient (Wildman–Crippen LogP) is 5.92. The molecular weight excluding hydrogens is 378 g/mol. The highest BCUT2D eigenvalue weighted by molar-refractivity contribution is 7.12. The molecular formula is C25H27NO2S. The molecule has 4 rings (SSSR count). The summed E-state index contributed by atoms with van der Waals surface area (Å²) in [5.41, 5.74) is 7.47. The molecule has 0 bridgehead atoms. The van der Waals surface area contributed by atoms with E-state index < -0.39 is 0 Å². The first-order chi connectivity index (χ1) is 14.0. The lowest BCUT2D eigenvalue weighted by atomic mass is 10.0. The number of nitrogens with one attached hydrogen (secondary N) is 1. The summed E-state index contributed by atoms with van der Waals surface area (Å²) < 4.78 is 5.96. The van der Waals surface area contributed by atoms with Gasteiger partial charge in [-0.15, -0.1) is 11.3 Å². The Kier molecular flexibility index (Phi) is 5.72. The molecule has 0 saturated heterocycles. The van der Waals surface area contributed by atoms with Gasteiger partial charge in [0, 0.05) is 5.56 Å². The van der Waals surface area contributed by atoms with Gasteiger partial charge in [0.1, 0.15) is 12.4 Å². The van der Waals surface area contributed by atoms with Crippen LogP contribution in [0.5, 0.6) is 5.75 Å². The van der Waals surface area contributed by atoms with Gasteiger partial charge in [-0.3, -0.25) is 4.79 Å². The molecule has 1 aliphatic rings. The average molecular weight is 406 g/mol. The standard InChI is InChI=1S/C25H27NO2S/c1-16-7-10-23(17(2)11-16)18(3)26-25(27)24-12-19(15-29-24)14-28-22-9-8-20-5-4-6-21(20)13-22/h7-13,15,18H,4-6,14H2,1-3H3,(H,26,27). The molecule has 150 valence electrons. The number of carbonyl (C=O) groups excluding carboxylic acids is 1. The van der Waals surface area contributed by atoms with Crippen LogP contribution in [-0.4, -0.2) is 5.91 Å². The van der Waals surface area contributed by atoms with E-state index in [-0.39, 0.29) is 11.9 Å². The van der Waals surface area contributed by atoms with E-state index in [1.165, 1.54) is 46.4 Å². The quantitative estimate of drug-likeness (QED) is 0.552. The second-order valence-electron chi connectivity index (χ2n) is 7.95. The Morgan fingerprint density at radius 1 is 1.10 bits per heavy atom. The van der Waals surface area contributed by atoms with Crippen molar-refractivity contribution in [2.45, 2.75) is 52.7 Å². The molecule has 1 aliphatic carbocycles. The third kappa shape index (κ3) is 4.54. The number of thiophene rings is 1. The van der Waals surface area contributed by atoms with Crippen LogP contribution in [0.15, 0.2) is 47.8 Å². The number of amides is 1. The van der Waals surface area contributed by atoms with Gasteiger partial charge >= 0.3 is 0 Å². The summed E-state index contributed by atoms with van der Waals surface area (Å²) in [5, 5.41) is 5.12. The summed E-state index contributed by atoms with van der Waals surface area (Å²) in [6.07, 6.45) is 3.56. The van der Waals surface area contributed by atoms with Crippen molar-refractivity contribution in [1.29, 1.82) is 0 Å². The van der Waals surface area contributed by atoms with E-state index in [2.05, 4.69) is 55.6 Å². The zero-order valence-electron chi connectivity index (χ0n) is 17.2. The molecule has 0 aliphatic heterocycles. The van der Waals surface area contributed by atoms with Gasteiger partial charge in [-0.2, -0.15) is 0 Å². The topological polar surface area (TPSA) is 38.3 Å². The number of hydrogen-bond donors (Lipinski definition) is 1. The maximum atomic E-state index is 12.7. The molecule has 1 N–H and O–H groups in total. The predicted molar refractivity (Wildman–Crippen MR) is 119 cm³/mol. The SMILES string of the molecule is Cc1ccc(C(C)NC(=O)c2cc(COc3ccc4c(c3)CCC4)cs2)c(C)c1. The number of carbonyl (C=O) groups is 1. The molecule has 1 unspecified atom stereocenters. The number of hydrogen-bond acceptors (Lipinski definition) is 3. The van der Waals surface area contributed by atoms with Crippen LogP contribution in [0.1, 0.15) is 62.4 Å². The fraction of sp³-hybridized carbons (Fsp3) is 0.320. The van der Waals surface area contributed by atoms with Crippen LogP contribution in [-0.2, 0) is 19.4 Å². The molecule has 1 atom stereocenters. The van der Waals surface area contributed by atoms with Gasteiger partial charge in [0.05, 0.1) is 10.9 Å². The first-order valence-corrected chi connectivity index (χ1v) is 11.1. The van der Waals surface area contributed by atoms with Crippen molar-refractivity contribution in [3.63, 3.8) is 0 Å². The van der Waals surface area contributed by atoms with Crippen molar-refractivity contribution < 1.29 is 9.53 Å². The van der Waals surface area contributed by atoms with E-state index in [1.54, 1.807) is 0 Å². The van der Waals surface area contributed by atoms with E-state index in [0.29, 0.717) is 11.5 Å². The van der Waals surface area contributed by atoms with E-state index >= 15 is 0 Å². The van der Waals surface area contributed by atoms with Crippen molar-refractivity contribution in [3.05, 3.63) is 86.1 Å². The Balaban J connectivity index is 1.36. The highest BCUT2D eigenvalue weighted by atomic mass is 32.1. The number of ether oxygens (including phenoxy) is 1. The van der Waals surface area contributed by atoms with Crippen molar-refractivity contribution in [2.24, 2.45) is 0 Å². The van der Waals surface area contributed by atoms with E-state index in [1.807, 2.05) is 18.4 Å². The van der Waals surface area contributed by atoms with Crippen LogP contribution < -0.4 is 10.1 Å². The van der Waals surface area contributed by atoms with Gasteiger partial charge in [-0.25, -0.2) is 0 Å². The van der Waals surface area contributed by atoms with Crippen LogP contribution in [0, 0.1) is 13.8 Å². The molecule has 3 nitrogen and oxygen atoms in total. The van der Waals surface area contributed by atoms with E-state index in [9.17, 15) is 4.79 Å². The highest BCUT2D eigenvalue weighted by Crippen LogP contribution is 2.27. The fourth-order valence-corrected chi connectivity index (χ4v) is 4.83. The largest absolute Gasteiger partial charge is 0.489 e. The molecule has 0 spiro atoms. The molecule has 0 radical (unpaired) electrons. The number of aryl methyl sites for hydroxylation is 4. The second kappa shape index (κ2) is 8.42. The normalized spacial score (nSPS) is 13.8. The maximum Gasteiger partial charge on any atom is 0.261 e. The first kappa shape index (κ1) is 19.7. The monoisotopic (exact) mass is 405 g/mol. The van der Waals surface area contributed by atoms with Crippen molar-refractivity contribution in [1.82, 2.24) is 5.32 Å². The van der Waals surface area contributed by atoms with Gasteiger partial charge in [0.25, 0.3) is 5.91 Å². The Hall–Kier alpha value is -2.59. The fourth-order valence-electron chi connectivity index (χ4n) is 4.03. The lowest BCUT2D eigenvalue weighted by Gasteiger charge is -2.16. The van der Waals surface area contributed by atoms with Crippen LogP contribution in [0.3, 0.4) is 0 Å². The summed E-state index contributed by atoms with van der Waals surface area (Å²) in [6.45, 7) is 6.68. The Labute approximate surface area is 176 Å². The van der Waals surface area contributed by atoms with Gasteiger partial charge in [-0.1, -0.05) is 29.8 Å². The van der Waals surface area contributed by atoms with Gasteiger partial charge in [0.2, 0.25) is 0 Å². The molecule has 1 amide bonds. The first-order valence-electron chi connectivity index (χ1n) is 10.2. The highest BCUT2D eigenvalue weighted by Gasteiger charge is 2.16. The maximum absolute atomic E-state index is 12.7. The van der Waals surface area contributed by atoms with Crippen molar-refractivity contribution in [3.8, 4) is 5.75 Å². The van der Waals surface area contributed by atoms with Gasteiger partial charge in [0.15, 0.2) is 0 Å². The van der Waals surface area contributed by atoms with Crippen molar-refractivity contribution in [2.75, 3.05) is 0 Å². The average Bonchev–Trinajstić information content (AvgIpc) is 3.35. The Morgan fingerprint density at radius 2 is 1.93 bits per heavy atom. The molecule has 0 saturated carbocycles. The molecule has 1 aromatic heterocycles. The summed E-state index contributed by atoms with van der Waals surface area (Å²) in [5.74, 6) is 0.873. The zero-order chi connectivity index (χ0) is 20.4. The third-order valence-corrected chi connectivity index (χ3v) is 6.57. The van der Waals surface area contributed by atoms with Crippen LogP contribution in [0.4, 0.5) is 0 Å². The molecule has 4 heteroatoms. The Morgan fingerprint density at radius 3 is 2.76 bits per heavy atom. The Bertz CT molecular complexity index is 1040. The lowest BCUT2D eigenvalue weighted by molar-refractivity contribution is 0.0944. The van der Waals surface area contributed by atoms with Crippen LogP contribution in [0.2, 0.25) is 0 Å². The van der Waals surface area contributed by atoms with E-state index in [4.69, 9.17) is 4.74 Å². The molecule has 2 aromatic carbocycles. The summed E-state index contributed by atoms with van der Waals surface area (Å²) >= 11 is 1.46. The van der Waals surface area contributed by atoms with Crippen molar-refractivity contribution >= 4 is 17.2 Å². The van der Waals surface area contributed by atoms with Gasteiger partial charge in [-0.05, 0) is 85.9 Å². The number of rotatable bonds is 6. The lowest BCUT2D eigenvalue weighted by Crippen LogP contribution is -2.26. The summed E-state index contributed by atoms with van der Waals surface area (Å²) in [6, 6.07) is 14.6. The third-order valence-electron chi connectivity index (χ3n) is 5.59. The summed E-state index contributed by atoms with van der Waals surface area (Å²) in [4.78, 5) is 13.4. The molecule has 0 fully saturated rings. The minimum atomic E-state index is -0.0359. The van der Waals surface area contributed by atoms with Crippen LogP contribution in [0.25, 0.3) is 0 Å². The molecule has 3 aromatic rings. The smallest absolute Gasteiger partial charge is 0.261 e. The number of fused-ring (bicyclic) bond motifs is 1. The second-order valence-corrected chi connectivity index (χ2v) is 8.86. The zero-order valence-corrected chi connectivity index (χ0v) is 18.1.